The monoisotopic (exact) mass is 490 g/mol. The van der Waals surface area contributed by atoms with Crippen LogP contribution in [0.5, 0.6) is 11.6 Å². The third kappa shape index (κ3) is 4.38. The molecule has 3 aromatic heterocycles. The Morgan fingerprint density at radius 2 is 1.92 bits per heavy atom. The summed E-state index contributed by atoms with van der Waals surface area (Å²) in [5.41, 5.74) is 5.08. The Morgan fingerprint density at radius 3 is 2.69 bits per heavy atom. The lowest BCUT2D eigenvalue weighted by atomic mass is 10.0. The van der Waals surface area contributed by atoms with E-state index in [0.29, 0.717) is 29.0 Å². The molecule has 0 saturated carbocycles. The molecular formula is C26H30N6O4. The average Bonchev–Trinajstić information content (AvgIpc) is 3.60. The summed E-state index contributed by atoms with van der Waals surface area (Å²) < 4.78 is 20.4. The standard InChI is InChI=1S/C26H30N6O4/c1-6-35-24(33)17-12-27-31(14-17)25-29-20-13-28-32(22(20)23(30-25)34-5)15-26(3,4)36-21-11-10-16(2)18-8-7-9-19(18)21/h10-14H,6-9,15H2,1-5H3. The van der Waals surface area contributed by atoms with Crippen LogP contribution < -0.4 is 9.47 Å². The number of hydrogen-bond donors (Lipinski definition) is 0. The number of carbonyl (C=O) groups is 1. The number of esters is 1. The predicted molar refractivity (Wildman–Crippen MR) is 133 cm³/mol. The molecule has 0 saturated heterocycles. The first-order chi connectivity index (χ1) is 17.3. The summed E-state index contributed by atoms with van der Waals surface area (Å²) in [7, 11) is 1.55. The second-order valence-electron chi connectivity index (χ2n) is 9.52. The molecule has 0 unspecified atom stereocenters. The van der Waals surface area contributed by atoms with Crippen molar-refractivity contribution >= 4 is 17.0 Å². The van der Waals surface area contributed by atoms with E-state index in [9.17, 15) is 4.79 Å². The fraction of sp³-hybridized carbons (Fsp3) is 0.423. The maximum atomic E-state index is 12.0. The van der Waals surface area contributed by atoms with Crippen LogP contribution in [-0.2, 0) is 24.1 Å². The minimum atomic E-state index is -0.551. The van der Waals surface area contributed by atoms with Crippen molar-refractivity contribution in [3.8, 4) is 17.6 Å². The molecule has 4 aromatic rings. The lowest BCUT2D eigenvalue weighted by Gasteiger charge is -2.28. The zero-order chi connectivity index (χ0) is 25.4. The Hall–Kier alpha value is -3.95. The van der Waals surface area contributed by atoms with Crippen molar-refractivity contribution in [2.24, 2.45) is 0 Å². The number of fused-ring (bicyclic) bond motifs is 2. The Kier molecular flexibility index (Phi) is 6.11. The molecule has 188 valence electrons. The number of rotatable bonds is 8. The van der Waals surface area contributed by atoms with Gasteiger partial charge in [-0.3, -0.25) is 4.68 Å². The van der Waals surface area contributed by atoms with Gasteiger partial charge in [-0.25, -0.2) is 14.5 Å². The molecule has 0 spiro atoms. The van der Waals surface area contributed by atoms with Gasteiger partial charge in [0.05, 0.1) is 38.2 Å². The summed E-state index contributed by atoms with van der Waals surface area (Å²) in [5.74, 6) is 1.11. The van der Waals surface area contributed by atoms with Gasteiger partial charge in [-0.1, -0.05) is 6.07 Å². The Morgan fingerprint density at radius 1 is 1.11 bits per heavy atom. The largest absolute Gasteiger partial charge is 0.486 e. The van der Waals surface area contributed by atoms with E-state index in [0.717, 1.165) is 25.0 Å². The predicted octanol–water partition coefficient (Wildman–Crippen LogP) is 3.85. The number of methoxy groups -OCH3 is 1. The van der Waals surface area contributed by atoms with E-state index in [1.807, 2.05) is 13.8 Å². The minimum absolute atomic E-state index is 0.264. The molecule has 0 atom stereocenters. The Bertz CT molecular complexity index is 1440. The van der Waals surface area contributed by atoms with Crippen molar-refractivity contribution in [3.63, 3.8) is 0 Å². The lowest BCUT2D eigenvalue weighted by molar-refractivity contribution is 0.0526. The smallest absolute Gasteiger partial charge is 0.341 e. The highest BCUT2D eigenvalue weighted by molar-refractivity contribution is 5.88. The maximum Gasteiger partial charge on any atom is 0.341 e. The molecule has 5 rings (SSSR count). The normalized spacial score (nSPS) is 13.1. The van der Waals surface area contributed by atoms with Gasteiger partial charge in [0.15, 0.2) is 0 Å². The third-order valence-electron chi connectivity index (χ3n) is 6.33. The van der Waals surface area contributed by atoms with Crippen LogP contribution in [0.15, 0.2) is 30.7 Å². The molecule has 10 heteroatoms. The van der Waals surface area contributed by atoms with E-state index in [1.54, 1.807) is 24.9 Å². The average molecular weight is 491 g/mol. The highest BCUT2D eigenvalue weighted by Gasteiger charge is 2.27. The van der Waals surface area contributed by atoms with Crippen LogP contribution >= 0.6 is 0 Å². The van der Waals surface area contributed by atoms with Crippen LogP contribution in [0, 0.1) is 6.92 Å². The molecular weight excluding hydrogens is 460 g/mol. The van der Waals surface area contributed by atoms with E-state index in [4.69, 9.17) is 14.2 Å². The van der Waals surface area contributed by atoms with Crippen LogP contribution in [-0.4, -0.2) is 54.8 Å². The molecule has 0 amide bonds. The van der Waals surface area contributed by atoms with E-state index in [2.05, 4.69) is 39.2 Å². The quantitative estimate of drug-likeness (QED) is 0.343. The first kappa shape index (κ1) is 23.8. The molecule has 1 aliphatic rings. The SMILES string of the molecule is CCOC(=O)c1cnn(-c2nc(OC)c3c(cnn3CC(C)(C)Oc3ccc(C)c4c3CCC4)n2)c1. The zero-order valence-electron chi connectivity index (χ0n) is 21.2. The lowest BCUT2D eigenvalue weighted by Crippen LogP contribution is -2.34. The first-order valence-corrected chi connectivity index (χ1v) is 12.1. The molecule has 0 aliphatic heterocycles. The van der Waals surface area contributed by atoms with Crippen molar-refractivity contribution in [1.82, 2.24) is 29.5 Å². The molecule has 0 fully saturated rings. The van der Waals surface area contributed by atoms with Crippen LogP contribution in [0.1, 0.15) is 54.2 Å². The van der Waals surface area contributed by atoms with Gasteiger partial charge in [-0.15, -0.1) is 0 Å². The van der Waals surface area contributed by atoms with E-state index in [1.165, 1.54) is 33.8 Å². The maximum absolute atomic E-state index is 12.0. The van der Waals surface area contributed by atoms with Gasteiger partial charge in [0.1, 0.15) is 22.4 Å². The number of nitrogens with zero attached hydrogens (tertiary/aromatic N) is 6. The van der Waals surface area contributed by atoms with Gasteiger partial charge in [0.25, 0.3) is 5.95 Å². The fourth-order valence-corrected chi connectivity index (χ4v) is 4.71. The summed E-state index contributed by atoms with van der Waals surface area (Å²) in [6.45, 7) is 8.75. The third-order valence-corrected chi connectivity index (χ3v) is 6.33. The highest BCUT2D eigenvalue weighted by Crippen LogP contribution is 2.35. The van der Waals surface area contributed by atoms with Crippen molar-refractivity contribution in [2.75, 3.05) is 13.7 Å². The van der Waals surface area contributed by atoms with E-state index >= 15 is 0 Å². The fourth-order valence-electron chi connectivity index (χ4n) is 4.71. The van der Waals surface area contributed by atoms with Crippen LogP contribution in [0.4, 0.5) is 0 Å². The summed E-state index contributed by atoms with van der Waals surface area (Å²) >= 11 is 0. The summed E-state index contributed by atoms with van der Waals surface area (Å²) in [4.78, 5) is 21.1. The Labute approximate surface area is 209 Å². The van der Waals surface area contributed by atoms with Crippen LogP contribution in [0.25, 0.3) is 17.0 Å². The topological polar surface area (TPSA) is 106 Å². The molecule has 3 heterocycles. The van der Waals surface area contributed by atoms with Gasteiger partial charge in [0.2, 0.25) is 5.88 Å². The molecule has 1 aliphatic carbocycles. The second kappa shape index (κ2) is 9.25. The Balaban J connectivity index is 1.43. The van der Waals surface area contributed by atoms with E-state index < -0.39 is 11.6 Å². The zero-order valence-corrected chi connectivity index (χ0v) is 21.2. The molecule has 0 bridgehead atoms. The van der Waals surface area contributed by atoms with Crippen molar-refractivity contribution < 1.29 is 19.0 Å². The number of ether oxygens (including phenoxy) is 3. The van der Waals surface area contributed by atoms with Crippen molar-refractivity contribution in [1.29, 1.82) is 0 Å². The minimum Gasteiger partial charge on any atom is -0.486 e. The van der Waals surface area contributed by atoms with Crippen LogP contribution in [0.3, 0.4) is 0 Å². The van der Waals surface area contributed by atoms with E-state index in [-0.39, 0.29) is 12.6 Å². The number of hydrogen-bond acceptors (Lipinski definition) is 8. The molecule has 10 nitrogen and oxygen atoms in total. The van der Waals surface area contributed by atoms with Crippen molar-refractivity contribution in [3.05, 3.63) is 53.0 Å². The summed E-state index contributed by atoms with van der Waals surface area (Å²) in [6, 6.07) is 4.22. The summed E-state index contributed by atoms with van der Waals surface area (Å²) in [6.07, 6.45) is 7.93. The molecule has 1 aromatic carbocycles. The van der Waals surface area contributed by atoms with Crippen molar-refractivity contribution in [2.45, 2.75) is 59.1 Å². The molecule has 0 N–H and O–H groups in total. The first-order valence-electron chi connectivity index (χ1n) is 12.1. The van der Waals surface area contributed by atoms with Gasteiger partial charge in [0, 0.05) is 6.20 Å². The molecule has 36 heavy (non-hydrogen) atoms. The highest BCUT2D eigenvalue weighted by atomic mass is 16.5. The second-order valence-corrected chi connectivity index (χ2v) is 9.52. The molecule has 0 radical (unpaired) electrons. The van der Waals surface area contributed by atoms with Crippen LogP contribution in [0.2, 0.25) is 0 Å². The van der Waals surface area contributed by atoms with Gasteiger partial charge in [-0.05, 0) is 69.7 Å². The number of aromatic nitrogens is 6. The van der Waals surface area contributed by atoms with Gasteiger partial charge >= 0.3 is 5.97 Å². The van der Waals surface area contributed by atoms with Gasteiger partial charge < -0.3 is 14.2 Å². The van der Waals surface area contributed by atoms with Gasteiger partial charge in [-0.2, -0.15) is 15.2 Å². The summed E-state index contributed by atoms with van der Waals surface area (Å²) in [5, 5.41) is 8.77. The number of carbonyl (C=O) groups excluding carboxylic acids is 1. The number of benzene rings is 1. The number of aryl methyl sites for hydroxylation is 1.